The molecule has 0 radical (unpaired) electrons. The molecule has 15 heavy (non-hydrogen) atoms. The summed E-state index contributed by atoms with van der Waals surface area (Å²) in [4.78, 5) is 0. The van der Waals surface area contributed by atoms with Crippen molar-refractivity contribution in [2.75, 3.05) is 13.6 Å². The van der Waals surface area contributed by atoms with Gasteiger partial charge in [-0.15, -0.1) is 0 Å². The Kier molecular flexibility index (Phi) is 3.41. The second-order valence-electron chi connectivity index (χ2n) is 4.55. The molecule has 84 valence electrons. The molecule has 1 aromatic heterocycles. The smallest absolute Gasteiger partial charge is 0.0684 e. The Morgan fingerprint density at radius 2 is 2.13 bits per heavy atom. The van der Waals surface area contributed by atoms with Gasteiger partial charge in [-0.25, -0.2) is 0 Å². The number of rotatable bonds is 4. The molecule has 1 aliphatic carbocycles. The van der Waals surface area contributed by atoms with Crippen LogP contribution in [0.1, 0.15) is 48.6 Å². The van der Waals surface area contributed by atoms with Crippen LogP contribution in [0.2, 0.25) is 0 Å². The van der Waals surface area contributed by atoms with Crippen LogP contribution in [0, 0.1) is 6.92 Å². The van der Waals surface area contributed by atoms with E-state index in [1.807, 2.05) is 7.05 Å². The van der Waals surface area contributed by atoms with Gasteiger partial charge in [0.1, 0.15) is 0 Å². The number of hydrogen-bond acceptors (Lipinski definition) is 2. The molecule has 1 fully saturated rings. The van der Waals surface area contributed by atoms with Crippen LogP contribution in [0.4, 0.5) is 0 Å². The minimum absolute atomic E-state index is 0.726. The van der Waals surface area contributed by atoms with E-state index in [2.05, 4.69) is 22.4 Å². The third kappa shape index (κ3) is 2.23. The molecule has 1 saturated carbocycles. The van der Waals surface area contributed by atoms with E-state index in [0.717, 1.165) is 18.9 Å². The molecule has 0 saturated heterocycles. The quantitative estimate of drug-likeness (QED) is 0.794. The van der Waals surface area contributed by atoms with Crippen LogP contribution in [0.5, 0.6) is 0 Å². The van der Waals surface area contributed by atoms with Gasteiger partial charge in [0, 0.05) is 24.6 Å². The predicted octanol–water partition coefficient (Wildman–Crippen LogP) is 2.14. The molecule has 0 amide bonds. The first kappa shape index (κ1) is 10.7. The molecule has 0 bridgehead atoms. The van der Waals surface area contributed by atoms with E-state index in [1.165, 1.54) is 42.6 Å². The van der Waals surface area contributed by atoms with E-state index < -0.39 is 0 Å². The maximum Gasteiger partial charge on any atom is 0.0684 e. The van der Waals surface area contributed by atoms with Crippen molar-refractivity contribution in [3.05, 3.63) is 17.0 Å². The zero-order valence-electron chi connectivity index (χ0n) is 9.77. The fourth-order valence-corrected chi connectivity index (χ4v) is 2.54. The minimum atomic E-state index is 0.726. The number of nitrogens with zero attached hydrogens (tertiary/aromatic N) is 1. The zero-order valence-corrected chi connectivity index (χ0v) is 9.77. The summed E-state index contributed by atoms with van der Waals surface area (Å²) >= 11 is 0. The normalized spacial score (nSPS) is 17.5. The van der Waals surface area contributed by atoms with Gasteiger partial charge in [0.05, 0.1) is 5.69 Å². The molecule has 3 heteroatoms. The highest BCUT2D eigenvalue weighted by molar-refractivity contribution is 5.27. The lowest BCUT2D eigenvalue weighted by Crippen LogP contribution is -2.11. The summed E-state index contributed by atoms with van der Waals surface area (Å²) < 4.78 is 0. The molecular formula is C12H21N3. The highest BCUT2D eigenvalue weighted by atomic mass is 15.1. The first-order valence-electron chi connectivity index (χ1n) is 6.01. The lowest BCUT2D eigenvalue weighted by Gasteiger charge is -2.06. The fourth-order valence-electron chi connectivity index (χ4n) is 2.54. The van der Waals surface area contributed by atoms with Gasteiger partial charge in [0.15, 0.2) is 0 Å². The van der Waals surface area contributed by atoms with Gasteiger partial charge >= 0.3 is 0 Å². The first-order chi connectivity index (χ1) is 7.33. The molecule has 0 spiro atoms. The van der Waals surface area contributed by atoms with Gasteiger partial charge in [-0.05, 0) is 32.4 Å². The summed E-state index contributed by atoms with van der Waals surface area (Å²) in [5.74, 6) is 0.726. The summed E-state index contributed by atoms with van der Waals surface area (Å²) in [6.07, 6.45) is 6.47. The Labute approximate surface area is 91.7 Å². The monoisotopic (exact) mass is 207 g/mol. The van der Waals surface area contributed by atoms with Crippen molar-refractivity contribution in [2.24, 2.45) is 0 Å². The van der Waals surface area contributed by atoms with Crippen LogP contribution in [0.3, 0.4) is 0 Å². The highest BCUT2D eigenvalue weighted by Crippen LogP contribution is 2.35. The van der Waals surface area contributed by atoms with Crippen molar-refractivity contribution >= 4 is 0 Å². The molecule has 1 aliphatic rings. The fraction of sp³-hybridized carbons (Fsp3) is 0.750. The minimum Gasteiger partial charge on any atom is -0.319 e. The average molecular weight is 207 g/mol. The van der Waals surface area contributed by atoms with Gasteiger partial charge in [-0.3, -0.25) is 5.10 Å². The predicted molar refractivity (Wildman–Crippen MR) is 62.2 cm³/mol. The number of H-pyrrole nitrogens is 1. The molecule has 0 unspecified atom stereocenters. The van der Waals surface area contributed by atoms with Crippen LogP contribution in [-0.4, -0.2) is 23.8 Å². The largest absolute Gasteiger partial charge is 0.319 e. The van der Waals surface area contributed by atoms with E-state index in [-0.39, 0.29) is 0 Å². The van der Waals surface area contributed by atoms with Gasteiger partial charge in [-0.2, -0.15) is 5.10 Å². The molecule has 1 heterocycles. The Morgan fingerprint density at radius 1 is 1.40 bits per heavy atom. The lowest BCUT2D eigenvalue weighted by atomic mass is 9.99. The standard InChI is InChI=1S/C12H21N3/c1-9-11(7-8-13-2)14-15-12(9)10-5-3-4-6-10/h10,13H,3-8H2,1-2H3,(H,14,15). The third-order valence-corrected chi connectivity index (χ3v) is 3.52. The number of likely N-dealkylation sites (N-methyl/N-ethyl adjacent to an activating group) is 1. The molecule has 1 aromatic rings. The first-order valence-corrected chi connectivity index (χ1v) is 6.01. The Bertz CT molecular complexity index is 311. The Hall–Kier alpha value is -0.830. The van der Waals surface area contributed by atoms with Gasteiger partial charge in [-0.1, -0.05) is 12.8 Å². The van der Waals surface area contributed by atoms with Crippen molar-refractivity contribution in [1.82, 2.24) is 15.5 Å². The second-order valence-corrected chi connectivity index (χ2v) is 4.55. The number of nitrogens with one attached hydrogen (secondary N) is 2. The van der Waals surface area contributed by atoms with E-state index in [9.17, 15) is 0 Å². The highest BCUT2D eigenvalue weighted by Gasteiger charge is 2.22. The summed E-state index contributed by atoms with van der Waals surface area (Å²) in [7, 11) is 1.99. The number of hydrogen-bond donors (Lipinski definition) is 2. The van der Waals surface area contributed by atoms with Crippen molar-refractivity contribution in [3.8, 4) is 0 Å². The third-order valence-electron chi connectivity index (χ3n) is 3.52. The van der Waals surface area contributed by atoms with Gasteiger partial charge in [0.25, 0.3) is 0 Å². The van der Waals surface area contributed by atoms with Gasteiger partial charge in [0.2, 0.25) is 0 Å². The van der Waals surface area contributed by atoms with Crippen molar-refractivity contribution < 1.29 is 0 Å². The maximum absolute atomic E-state index is 4.50. The molecule has 2 N–H and O–H groups in total. The van der Waals surface area contributed by atoms with Crippen LogP contribution in [-0.2, 0) is 6.42 Å². The van der Waals surface area contributed by atoms with Crippen LogP contribution >= 0.6 is 0 Å². The maximum atomic E-state index is 4.50. The summed E-state index contributed by atoms with van der Waals surface area (Å²) in [6, 6.07) is 0. The van der Waals surface area contributed by atoms with Crippen molar-refractivity contribution in [3.63, 3.8) is 0 Å². The zero-order chi connectivity index (χ0) is 10.7. The van der Waals surface area contributed by atoms with Crippen LogP contribution in [0.15, 0.2) is 0 Å². The summed E-state index contributed by atoms with van der Waals surface area (Å²) in [5, 5.41) is 10.9. The van der Waals surface area contributed by atoms with Crippen LogP contribution < -0.4 is 5.32 Å². The molecule has 0 aliphatic heterocycles. The summed E-state index contributed by atoms with van der Waals surface area (Å²) in [6.45, 7) is 3.23. The van der Waals surface area contributed by atoms with E-state index >= 15 is 0 Å². The van der Waals surface area contributed by atoms with Crippen LogP contribution in [0.25, 0.3) is 0 Å². The topological polar surface area (TPSA) is 40.7 Å². The van der Waals surface area contributed by atoms with Crippen molar-refractivity contribution in [2.45, 2.75) is 44.9 Å². The van der Waals surface area contributed by atoms with E-state index in [1.54, 1.807) is 0 Å². The number of aromatic amines is 1. The van der Waals surface area contributed by atoms with Crippen molar-refractivity contribution in [1.29, 1.82) is 0 Å². The SMILES string of the molecule is CNCCc1[nH]nc(C2CCCC2)c1C. The second kappa shape index (κ2) is 4.79. The molecule has 0 atom stereocenters. The molecular weight excluding hydrogens is 186 g/mol. The Morgan fingerprint density at radius 3 is 2.80 bits per heavy atom. The Balaban J connectivity index is 2.08. The lowest BCUT2D eigenvalue weighted by molar-refractivity contribution is 0.688. The van der Waals surface area contributed by atoms with E-state index in [0.29, 0.717) is 0 Å². The molecule has 3 nitrogen and oxygen atoms in total. The van der Waals surface area contributed by atoms with E-state index in [4.69, 9.17) is 0 Å². The summed E-state index contributed by atoms with van der Waals surface area (Å²) in [5.41, 5.74) is 4.04. The molecule has 2 rings (SSSR count). The molecule has 0 aromatic carbocycles. The average Bonchev–Trinajstić information content (AvgIpc) is 2.84. The number of aromatic nitrogens is 2. The van der Waals surface area contributed by atoms with Gasteiger partial charge < -0.3 is 5.32 Å².